The first-order valence-electron chi connectivity index (χ1n) is 6.52. The van der Waals surface area contributed by atoms with E-state index < -0.39 is 5.60 Å². The molecule has 3 rings (SSSR count). The summed E-state index contributed by atoms with van der Waals surface area (Å²) >= 11 is 0. The molecule has 0 saturated heterocycles. The summed E-state index contributed by atoms with van der Waals surface area (Å²) < 4.78 is 0. The summed E-state index contributed by atoms with van der Waals surface area (Å²) in [5, 5.41) is 10.8. The van der Waals surface area contributed by atoms with Crippen molar-refractivity contribution in [2.24, 2.45) is 28.9 Å². The highest BCUT2D eigenvalue weighted by Gasteiger charge is 2.62. The summed E-state index contributed by atoms with van der Waals surface area (Å²) in [6.07, 6.45) is 7.65. The van der Waals surface area contributed by atoms with Gasteiger partial charge in [0.15, 0.2) is 0 Å². The molecule has 86 valence electrons. The van der Waals surface area contributed by atoms with Crippen LogP contribution in [-0.2, 0) is 0 Å². The minimum atomic E-state index is -0.485. The molecule has 2 nitrogen and oxygen atoms in total. The van der Waals surface area contributed by atoms with Crippen molar-refractivity contribution in [1.29, 1.82) is 0 Å². The third-order valence-corrected chi connectivity index (χ3v) is 5.72. The van der Waals surface area contributed by atoms with Crippen molar-refractivity contribution in [3.8, 4) is 0 Å². The van der Waals surface area contributed by atoms with Crippen LogP contribution < -0.4 is 5.73 Å². The van der Waals surface area contributed by atoms with Crippen LogP contribution in [0.15, 0.2) is 0 Å². The van der Waals surface area contributed by atoms with Crippen molar-refractivity contribution in [1.82, 2.24) is 0 Å². The molecule has 2 heteroatoms. The van der Waals surface area contributed by atoms with Crippen LogP contribution in [0.2, 0.25) is 0 Å². The second kappa shape index (κ2) is 2.98. The zero-order valence-corrected chi connectivity index (χ0v) is 9.71. The second-order valence-corrected chi connectivity index (χ2v) is 6.36. The van der Waals surface area contributed by atoms with Crippen molar-refractivity contribution in [2.75, 3.05) is 6.54 Å². The standard InChI is InChI=1S/C13H23NO/c1-12(15,10-4-5-10)13(8-14)7-9-2-3-11(13)6-9/h9-11,15H,2-8,14H2,1H3. The van der Waals surface area contributed by atoms with Gasteiger partial charge in [0.05, 0.1) is 5.60 Å². The molecular weight excluding hydrogens is 186 g/mol. The van der Waals surface area contributed by atoms with Crippen LogP contribution >= 0.6 is 0 Å². The molecule has 0 amide bonds. The van der Waals surface area contributed by atoms with E-state index in [1.165, 1.54) is 38.5 Å². The van der Waals surface area contributed by atoms with Gasteiger partial charge in [-0.2, -0.15) is 0 Å². The lowest BCUT2D eigenvalue weighted by Gasteiger charge is -2.48. The Hall–Kier alpha value is -0.0800. The molecule has 0 aromatic heterocycles. The summed E-state index contributed by atoms with van der Waals surface area (Å²) in [5.74, 6) is 2.12. The van der Waals surface area contributed by atoms with Gasteiger partial charge in [0, 0.05) is 12.0 Å². The van der Waals surface area contributed by atoms with Crippen LogP contribution in [0, 0.1) is 23.2 Å². The molecule has 3 aliphatic carbocycles. The van der Waals surface area contributed by atoms with E-state index >= 15 is 0 Å². The van der Waals surface area contributed by atoms with Gasteiger partial charge in [-0.15, -0.1) is 0 Å². The van der Waals surface area contributed by atoms with Crippen LogP contribution in [0.3, 0.4) is 0 Å². The number of hydrogen-bond acceptors (Lipinski definition) is 2. The Balaban J connectivity index is 1.92. The fraction of sp³-hybridized carbons (Fsp3) is 1.00. The maximum absolute atomic E-state index is 10.8. The van der Waals surface area contributed by atoms with Crippen molar-refractivity contribution < 1.29 is 5.11 Å². The minimum absolute atomic E-state index is 0.0666. The van der Waals surface area contributed by atoms with Crippen LogP contribution in [0.25, 0.3) is 0 Å². The van der Waals surface area contributed by atoms with Gasteiger partial charge in [-0.25, -0.2) is 0 Å². The fourth-order valence-corrected chi connectivity index (χ4v) is 4.57. The molecule has 0 radical (unpaired) electrons. The molecular formula is C13H23NO. The highest BCUT2D eigenvalue weighted by Crippen LogP contribution is 2.64. The molecule has 0 heterocycles. The van der Waals surface area contributed by atoms with Gasteiger partial charge in [0.2, 0.25) is 0 Å². The van der Waals surface area contributed by atoms with Gasteiger partial charge in [-0.1, -0.05) is 6.42 Å². The number of nitrogens with two attached hydrogens (primary N) is 1. The van der Waals surface area contributed by atoms with E-state index in [1.54, 1.807) is 0 Å². The second-order valence-electron chi connectivity index (χ2n) is 6.36. The first-order valence-corrected chi connectivity index (χ1v) is 6.52. The summed E-state index contributed by atoms with van der Waals surface area (Å²) in [7, 11) is 0. The molecule has 15 heavy (non-hydrogen) atoms. The Morgan fingerprint density at radius 3 is 2.47 bits per heavy atom. The summed E-state index contributed by atoms with van der Waals surface area (Å²) in [6, 6.07) is 0. The van der Waals surface area contributed by atoms with Gasteiger partial charge in [0.1, 0.15) is 0 Å². The normalized spacial score (nSPS) is 48.2. The zero-order valence-electron chi connectivity index (χ0n) is 9.71. The molecule has 3 saturated carbocycles. The average molecular weight is 209 g/mol. The third kappa shape index (κ3) is 1.18. The Morgan fingerprint density at radius 1 is 1.33 bits per heavy atom. The molecule has 3 aliphatic rings. The number of fused-ring (bicyclic) bond motifs is 2. The highest BCUT2D eigenvalue weighted by atomic mass is 16.3. The smallest absolute Gasteiger partial charge is 0.0718 e. The van der Waals surface area contributed by atoms with Gasteiger partial charge >= 0.3 is 0 Å². The van der Waals surface area contributed by atoms with E-state index in [9.17, 15) is 5.11 Å². The van der Waals surface area contributed by atoms with E-state index in [4.69, 9.17) is 5.73 Å². The summed E-state index contributed by atoms with van der Waals surface area (Å²) in [6.45, 7) is 2.76. The highest BCUT2D eigenvalue weighted by molar-refractivity contribution is 5.13. The molecule has 0 spiro atoms. The predicted octanol–water partition coefficient (Wildman–Crippen LogP) is 1.91. The van der Waals surface area contributed by atoms with Crippen LogP contribution in [0.5, 0.6) is 0 Å². The van der Waals surface area contributed by atoms with Crippen LogP contribution in [-0.4, -0.2) is 17.3 Å². The van der Waals surface area contributed by atoms with E-state index in [2.05, 4.69) is 6.92 Å². The van der Waals surface area contributed by atoms with Crippen LogP contribution in [0.4, 0.5) is 0 Å². The van der Waals surface area contributed by atoms with Crippen molar-refractivity contribution in [2.45, 2.75) is 51.0 Å². The number of rotatable bonds is 3. The topological polar surface area (TPSA) is 46.2 Å². The first-order chi connectivity index (χ1) is 7.10. The predicted molar refractivity (Wildman–Crippen MR) is 60.3 cm³/mol. The van der Waals surface area contributed by atoms with Crippen molar-refractivity contribution in [3.05, 3.63) is 0 Å². The quantitative estimate of drug-likeness (QED) is 0.746. The molecule has 3 fully saturated rings. The van der Waals surface area contributed by atoms with E-state index in [-0.39, 0.29) is 5.41 Å². The summed E-state index contributed by atoms with van der Waals surface area (Å²) in [5.41, 5.74) is 5.63. The van der Waals surface area contributed by atoms with Crippen LogP contribution in [0.1, 0.15) is 45.4 Å². The van der Waals surface area contributed by atoms with Gasteiger partial charge in [-0.05, 0) is 56.8 Å². The van der Waals surface area contributed by atoms with E-state index in [0.717, 1.165) is 5.92 Å². The fourth-order valence-electron chi connectivity index (χ4n) is 4.57. The Labute approximate surface area is 92.2 Å². The molecule has 4 atom stereocenters. The van der Waals surface area contributed by atoms with Gasteiger partial charge < -0.3 is 10.8 Å². The Kier molecular flexibility index (Phi) is 2.01. The van der Waals surface area contributed by atoms with Crippen molar-refractivity contribution in [3.63, 3.8) is 0 Å². The first kappa shape index (κ1) is 10.1. The average Bonchev–Trinajstić information content (AvgIpc) is 2.90. The van der Waals surface area contributed by atoms with Crippen molar-refractivity contribution >= 4 is 0 Å². The molecule has 0 aliphatic heterocycles. The van der Waals surface area contributed by atoms with E-state index in [0.29, 0.717) is 18.4 Å². The lowest BCUT2D eigenvalue weighted by Crippen LogP contribution is -2.55. The minimum Gasteiger partial charge on any atom is -0.389 e. The molecule has 0 aromatic rings. The molecule has 2 bridgehead atoms. The Bertz CT molecular complexity index is 272. The molecule has 3 N–H and O–H groups in total. The van der Waals surface area contributed by atoms with Gasteiger partial charge in [-0.3, -0.25) is 0 Å². The number of aliphatic hydroxyl groups is 1. The monoisotopic (exact) mass is 209 g/mol. The van der Waals surface area contributed by atoms with E-state index in [1.807, 2.05) is 0 Å². The third-order valence-electron chi connectivity index (χ3n) is 5.72. The zero-order chi connectivity index (χ0) is 10.7. The lowest BCUT2D eigenvalue weighted by molar-refractivity contribution is -0.112. The van der Waals surface area contributed by atoms with Gasteiger partial charge in [0.25, 0.3) is 0 Å². The molecule has 4 unspecified atom stereocenters. The maximum Gasteiger partial charge on any atom is 0.0718 e. The Morgan fingerprint density at radius 2 is 2.07 bits per heavy atom. The number of hydrogen-bond donors (Lipinski definition) is 2. The molecule has 0 aromatic carbocycles. The summed E-state index contributed by atoms with van der Waals surface area (Å²) in [4.78, 5) is 0. The lowest BCUT2D eigenvalue weighted by atomic mass is 9.61. The SMILES string of the molecule is CC(O)(C1CC1)C1(CN)CC2CCC1C2. The largest absolute Gasteiger partial charge is 0.389 e. The maximum atomic E-state index is 10.8.